The summed E-state index contributed by atoms with van der Waals surface area (Å²) < 4.78 is 0. The Bertz CT molecular complexity index is 584. The smallest absolute Gasteiger partial charge is 0.259 e. The molecule has 0 aliphatic heterocycles. The van der Waals surface area contributed by atoms with E-state index in [4.69, 9.17) is 17.3 Å². The number of anilines is 2. The lowest BCUT2D eigenvalue weighted by Crippen LogP contribution is -2.30. The number of hydrogen-bond donors (Lipinski definition) is 1. The van der Waals surface area contributed by atoms with Crippen molar-refractivity contribution in [3.63, 3.8) is 0 Å². The second kappa shape index (κ2) is 5.76. The van der Waals surface area contributed by atoms with Gasteiger partial charge < -0.3 is 10.6 Å². The van der Waals surface area contributed by atoms with E-state index in [1.165, 1.54) is 0 Å². The van der Waals surface area contributed by atoms with Crippen LogP contribution in [-0.2, 0) is 0 Å². The minimum atomic E-state index is -0.147. The van der Waals surface area contributed by atoms with Gasteiger partial charge in [-0.3, -0.25) is 4.79 Å². The standard InChI is InChI=1S/C15H15ClN2O/c1-2-18(12-6-4-3-5-7-12)15(19)13-10-11(17)8-9-14(13)16/h3-10H,2,17H2,1H3. The molecular formula is C15H15ClN2O. The van der Waals surface area contributed by atoms with Crippen LogP contribution in [-0.4, -0.2) is 12.5 Å². The molecule has 2 rings (SSSR count). The summed E-state index contributed by atoms with van der Waals surface area (Å²) in [6.07, 6.45) is 0. The maximum Gasteiger partial charge on any atom is 0.259 e. The zero-order valence-electron chi connectivity index (χ0n) is 10.6. The zero-order valence-corrected chi connectivity index (χ0v) is 11.4. The Labute approximate surface area is 117 Å². The number of nitrogens with two attached hydrogens (primary N) is 1. The van der Waals surface area contributed by atoms with Gasteiger partial charge in [0.25, 0.3) is 5.91 Å². The van der Waals surface area contributed by atoms with E-state index in [2.05, 4.69) is 0 Å². The number of carbonyl (C=O) groups excluding carboxylic acids is 1. The van der Waals surface area contributed by atoms with Gasteiger partial charge in [-0.05, 0) is 37.3 Å². The molecule has 2 aromatic carbocycles. The van der Waals surface area contributed by atoms with E-state index in [1.54, 1.807) is 23.1 Å². The van der Waals surface area contributed by atoms with Gasteiger partial charge in [0, 0.05) is 17.9 Å². The van der Waals surface area contributed by atoms with Crippen LogP contribution in [0.2, 0.25) is 5.02 Å². The van der Waals surface area contributed by atoms with E-state index in [1.807, 2.05) is 37.3 Å². The molecule has 19 heavy (non-hydrogen) atoms. The van der Waals surface area contributed by atoms with Crippen molar-refractivity contribution in [2.45, 2.75) is 6.92 Å². The molecule has 0 aliphatic carbocycles. The first kappa shape index (κ1) is 13.4. The molecule has 0 spiro atoms. The van der Waals surface area contributed by atoms with E-state index in [-0.39, 0.29) is 5.91 Å². The normalized spacial score (nSPS) is 10.2. The second-order valence-corrected chi connectivity index (χ2v) is 4.53. The number of nitrogen functional groups attached to an aromatic ring is 1. The highest BCUT2D eigenvalue weighted by atomic mass is 35.5. The van der Waals surface area contributed by atoms with E-state index < -0.39 is 0 Å². The Hall–Kier alpha value is -2.00. The Morgan fingerprint density at radius 1 is 1.21 bits per heavy atom. The summed E-state index contributed by atoms with van der Waals surface area (Å²) in [5.74, 6) is -0.147. The van der Waals surface area contributed by atoms with Crippen LogP contribution in [0.15, 0.2) is 48.5 Å². The lowest BCUT2D eigenvalue weighted by molar-refractivity contribution is 0.0988. The summed E-state index contributed by atoms with van der Waals surface area (Å²) in [7, 11) is 0. The van der Waals surface area contributed by atoms with Crippen LogP contribution in [0.4, 0.5) is 11.4 Å². The Balaban J connectivity index is 2.39. The molecule has 4 heteroatoms. The minimum absolute atomic E-state index is 0.147. The minimum Gasteiger partial charge on any atom is -0.399 e. The molecule has 0 saturated heterocycles. The van der Waals surface area contributed by atoms with Gasteiger partial charge in [-0.1, -0.05) is 29.8 Å². The van der Waals surface area contributed by atoms with Gasteiger partial charge in [0.2, 0.25) is 0 Å². The molecule has 0 atom stereocenters. The van der Waals surface area contributed by atoms with E-state index in [9.17, 15) is 4.79 Å². The molecule has 2 N–H and O–H groups in total. The molecule has 0 aromatic heterocycles. The number of amides is 1. The third-order valence-electron chi connectivity index (χ3n) is 2.85. The fourth-order valence-corrected chi connectivity index (χ4v) is 2.10. The van der Waals surface area contributed by atoms with Crippen LogP contribution in [0, 0.1) is 0 Å². The zero-order chi connectivity index (χ0) is 13.8. The summed E-state index contributed by atoms with van der Waals surface area (Å²) in [6, 6.07) is 14.4. The summed E-state index contributed by atoms with van der Waals surface area (Å²) in [5, 5.41) is 0.411. The lowest BCUT2D eigenvalue weighted by Gasteiger charge is -2.21. The van der Waals surface area contributed by atoms with Gasteiger partial charge >= 0.3 is 0 Å². The topological polar surface area (TPSA) is 46.3 Å². The van der Waals surface area contributed by atoms with Crippen molar-refractivity contribution in [3.8, 4) is 0 Å². The van der Waals surface area contributed by atoms with Gasteiger partial charge in [-0.2, -0.15) is 0 Å². The number of para-hydroxylation sites is 1. The molecule has 0 saturated carbocycles. The number of benzene rings is 2. The van der Waals surface area contributed by atoms with E-state index in [0.717, 1.165) is 5.69 Å². The third kappa shape index (κ3) is 2.88. The molecule has 98 valence electrons. The summed E-state index contributed by atoms with van der Waals surface area (Å²) in [4.78, 5) is 14.2. The van der Waals surface area contributed by atoms with Crippen LogP contribution >= 0.6 is 11.6 Å². The molecule has 0 aliphatic rings. The van der Waals surface area contributed by atoms with Crippen molar-refractivity contribution < 1.29 is 4.79 Å². The molecule has 1 amide bonds. The molecule has 0 bridgehead atoms. The first-order chi connectivity index (χ1) is 9.13. The van der Waals surface area contributed by atoms with Crippen LogP contribution in [0.1, 0.15) is 17.3 Å². The predicted octanol–water partition coefficient (Wildman–Crippen LogP) is 3.59. The first-order valence-corrected chi connectivity index (χ1v) is 6.43. The highest BCUT2D eigenvalue weighted by molar-refractivity contribution is 6.34. The van der Waals surface area contributed by atoms with Crippen LogP contribution < -0.4 is 10.6 Å². The van der Waals surface area contributed by atoms with Gasteiger partial charge in [-0.15, -0.1) is 0 Å². The van der Waals surface area contributed by atoms with Crippen LogP contribution in [0.5, 0.6) is 0 Å². The fourth-order valence-electron chi connectivity index (χ4n) is 1.90. The summed E-state index contributed by atoms with van der Waals surface area (Å²) in [5.41, 5.74) is 7.51. The van der Waals surface area contributed by atoms with E-state index in [0.29, 0.717) is 22.8 Å². The van der Waals surface area contributed by atoms with Crippen molar-refractivity contribution in [3.05, 3.63) is 59.1 Å². The lowest BCUT2D eigenvalue weighted by atomic mass is 10.1. The average Bonchev–Trinajstić information content (AvgIpc) is 2.43. The molecule has 0 radical (unpaired) electrons. The SMILES string of the molecule is CCN(C(=O)c1cc(N)ccc1Cl)c1ccccc1. The molecule has 0 fully saturated rings. The van der Waals surface area contributed by atoms with Gasteiger partial charge in [0.1, 0.15) is 0 Å². The molecular weight excluding hydrogens is 260 g/mol. The van der Waals surface area contributed by atoms with Crippen molar-refractivity contribution in [2.75, 3.05) is 17.2 Å². The second-order valence-electron chi connectivity index (χ2n) is 4.12. The maximum atomic E-state index is 12.5. The molecule has 3 nitrogen and oxygen atoms in total. The molecule has 0 heterocycles. The maximum absolute atomic E-state index is 12.5. The van der Waals surface area contributed by atoms with Crippen molar-refractivity contribution in [1.29, 1.82) is 0 Å². The molecule has 2 aromatic rings. The number of carbonyl (C=O) groups is 1. The summed E-state index contributed by atoms with van der Waals surface area (Å²) in [6.45, 7) is 2.49. The van der Waals surface area contributed by atoms with E-state index >= 15 is 0 Å². The first-order valence-electron chi connectivity index (χ1n) is 6.05. The third-order valence-corrected chi connectivity index (χ3v) is 3.18. The summed E-state index contributed by atoms with van der Waals surface area (Å²) >= 11 is 6.08. The van der Waals surface area contributed by atoms with Gasteiger partial charge in [-0.25, -0.2) is 0 Å². The Morgan fingerprint density at radius 3 is 2.53 bits per heavy atom. The van der Waals surface area contributed by atoms with Crippen molar-refractivity contribution in [1.82, 2.24) is 0 Å². The van der Waals surface area contributed by atoms with Gasteiger partial charge in [0.15, 0.2) is 0 Å². The monoisotopic (exact) mass is 274 g/mol. The number of hydrogen-bond acceptors (Lipinski definition) is 2. The van der Waals surface area contributed by atoms with Crippen LogP contribution in [0.3, 0.4) is 0 Å². The van der Waals surface area contributed by atoms with Gasteiger partial charge in [0.05, 0.1) is 10.6 Å². The highest BCUT2D eigenvalue weighted by Gasteiger charge is 2.18. The largest absolute Gasteiger partial charge is 0.399 e. The number of nitrogens with zero attached hydrogens (tertiary/aromatic N) is 1. The fraction of sp³-hybridized carbons (Fsp3) is 0.133. The Kier molecular flexibility index (Phi) is 4.07. The predicted molar refractivity (Wildman–Crippen MR) is 79.7 cm³/mol. The average molecular weight is 275 g/mol. The number of halogens is 1. The van der Waals surface area contributed by atoms with Crippen molar-refractivity contribution >= 4 is 28.9 Å². The molecule has 0 unspecified atom stereocenters. The van der Waals surface area contributed by atoms with Crippen LogP contribution in [0.25, 0.3) is 0 Å². The van der Waals surface area contributed by atoms with Crippen molar-refractivity contribution in [2.24, 2.45) is 0 Å². The highest BCUT2D eigenvalue weighted by Crippen LogP contribution is 2.23. The quantitative estimate of drug-likeness (QED) is 0.870. The Morgan fingerprint density at radius 2 is 1.89 bits per heavy atom. The number of rotatable bonds is 3.